The molecule has 0 bridgehead atoms. The molecule has 0 radical (unpaired) electrons. The molecule has 0 fully saturated rings. The molecule has 15 heavy (non-hydrogen) atoms. The van der Waals surface area contributed by atoms with Gasteiger partial charge in [-0.1, -0.05) is 11.6 Å². The molecule has 0 saturated carbocycles. The molecule has 0 spiro atoms. The van der Waals surface area contributed by atoms with E-state index in [1.807, 2.05) is 0 Å². The Labute approximate surface area is 94.4 Å². The lowest BCUT2D eigenvalue weighted by Gasteiger charge is -2.12. The predicted molar refractivity (Wildman–Crippen MR) is 61.0 cm³/mol. The highest BCUT2D eigenvalue weighted by atomic mass is 35.5. The van der Waals surface area contributed by atoms with Gasteiger partial charge in [-0.25, -0.2) is 4.39 Å². The molecule has 1 unspecified atom stereocenters. The molecule has 1 aromatic rings. The van der Waals surface area contributed by atoms with Gasteiger partial charge in [0.25, 0.3) is 0 Å². The third-order valence-corrected chi connectivity index (χ3v) is 2.43. The van der Waals surface area contributed by atoms with Crippen LogP contribution < -0.4 is 5.73 Å². The van der Waals surface area contributed by atoms with E-state index in [4.69, 9.17) is 23.8 Å². The van der Waals surface area contributed by atoms with Crippen molar-refractivity contribution < 1.29 is 4.39 Å². The summed E-state index contributed by atoms with van der Waals surface area (Å²) in [7, 11) is 0. The molecular weight excluding hydrogens is 213 g/mol. The number of unbranched alkanes of at least 4 members (excludes halogenated alkanes) is 1. The van der Waals surface area contributed by atoms with Gasteiger partial charge >= 0.3 is 0 Å². The van der Waals surface area contributed by atoms with E-state index in [2.05, 4.69) is 5.92 Å². The first kappa shape index (κ1) is 12.0. The minimum Gasteiger partial charge on any atom is -0.324 e. The second-order valence-electron chi connectivity index (χ2n) is 3.37. The second-order valence-corrected chi connectivity index (χ2v) is 3.81. The van der Waals surface area contributed by atoms with Gasteiger partial charge in [-0.2, -0.15) is 0 Å². The van der Waals surface area contributed by atoms with E-state index in [-0.39, 0.29) is 11.9 Å². The number of nitrogens with two attached hydrogens (primary N) is 1. The first-order valence-electron chi connectivity index (χ1n) is 4.79. The number of benzene rings is 1. The standard InChI is InChI=1S/C12H13ClFN/c1-2-3-4-5-12(15)10-8-9(13)6-7-11(10)14/h1,6-8,12H,3-5,15H2. The fourth-order valence-corrected chi connectivity index (χ4v) is 1.56. The Morgan fingerprint density at radius 2 is 2.27 bits per heavy atom. The Balaban J connectivity index is 2.69. The molecule has 80 valence electrons. The van der Waals surface area contributed by atoms with Gasteiger partial charge in [0, 0.05) is 23.0 Å². The van der Waals surface area contributed by atoms with Gasteiger partial charge < -0.3 is 5.73 Å². The Morgan fingerprint density at radius 1 is 1.53 bits per heavy atom. The number of terminal acetylenes is 1. The molecule has 1 aromatic carbocycles. The first-order chi connectivity index (χ1) is 7.15. The lowest BCUT2D eigenvalue weighted by molar-refractivity contribution is 0.554. The summed E-state index contributed by atoms with van der Waals surface area (Å²) in [5.41, 5.74) is 6.30. The SMILES string of the molecule is C#CCCCC(N)c1cc(Cl)ccc1F. The molecular formula is C12H13ClFN. The zero-order valence-electron chi connectivity index (χ0n) is 8.34. The summed E-state index contributed by atoms with van der Waals surface area (Å²) in [5, 5.41) is 0.499. The average Bonchev–Trinajstić information content (AvgIpc) is 2.22. The van der Waals surface area contributed by atoms with Gasteiger partial charge in [0.15, 0.2) is 0 Å². The Bertz CT molecular complexity index is 370. The van der Waals surface area contributed by atoms with Crippen molar-refractivity contribution in [2.45, 2.75) is 25.3 Å². The highest BCUT2D eigenvalue weighted by molar-refractivity contribution is 6.30. The van der Waals surface area contributed by atoms with Crippen molar-refractivity contribution in [1.82, 2.24) is 0 Å². The third-order valence-electron chi connectivity index (χ3n) is 2.19. The van der Waals surface area contributed by atoms with E-state index in [0.717, 1.165) is 6.42 Å². The van der Waals surface area contributed by atoms with Crippen LogP contribution in [0.4, 0.5) is 4.39 Å². The van der Waals surface area contributed by atoms with Gasteiger partial charge in [-0.15, -0.1) is 12.3 Å². The van der Waals surface area contributed by atoms with E-state index in [0.29, 0.717) is 23.4 Å². The maximum Gasteiger partial charge on any atom is 0.128 e. The number of halogens is 2. The van der Waals surface area contributed by atoms with Gasteiger partial charge in [0.2, 0.25) is 0 Å². The zero-order valence-corrected chi connectivity index (χ0v) is 9.10. The van der Waals surface area contributed by atoms with E-state index >= 15 is 0 Å². The molecule has 1 rings (SSSR count). The van der Waals surface area contributed by atoms with Gasteiger partial charge in [-0.05, 0) is 31.0 Å². The summed E-state index contributed by atoms with van der Waals surface area (Å²) in [6.07, 6.45) is 7.25. The lowest BCUT2D eigenvalue weighted by Crippen LogP contribution is -2.11. The summed E-state index contributed by atoms with van der Waals surface area (Å²) < 4.78 is 13.4. The molecule has 1 atom stereocenters. The molecule has 0 aliphatic carbocycles. The van der Waals surface area contributed by atoms with Crippen LogP contribution in [0.1, 0.15) is 30.9 Å². The largest absolute Gasteiger partial charge is 0.324 e. The molecule has 2 N–H and O–H groups in total. The number of hydrogen-bond acceptors (Lipinski definition) is 1. The van der Waals surface area contributed by atoms with Crippen molar-refractivity contribution in [2.75, 3.05) is 0 Å². The molecule has 0 saturated heterocycles. The van der Waals surface area contributed by atoms with Crippen LogP contribution in [0.5, 0.6) is 0 Å². The van der Waals surface area contributed by atoms with Gasteiger partial charge in [-0.3, -0.25) is 0 Å². The van der Waals surface area contributed by atoms with Gasteiger partial charge in [0.05, 0.1) is 0 Å². The van der Waals surface area contributed by atoms with Crippen LogP contribution in [-0.4, -0.2) is 0 Å². The van der Waals surface area contributed by atoms with Gasteiger partial charge in [0.1, 0.15) is 5.82 Å². The van der Waals surface area contributed by atoms with Crippen LogP contribution in [0.2, 0.25) is 5.02 Å². The Hall–Kier alpha value is -1.04. The van der Waals surface area contributed by atoms with Crippen LogP contribution in [0, 0.1) is 18.2 Å². The van der Waals surface area contributed by atoms with Crippen molar-refractivity contribution in [1.29, 1.82) is 0 Å². The second kappa shape index (κ2) is 5.75. The highest BCUT2D eigenvalue weighted by Gasteiger charge is 2.11. The quantitative estimate of drug-likeness (QED) is 0.618. The molecule has 0 amide bonds. The van der Waals surface area contributed by atoms with Crippen LogP contribution >= 0.6 is 11.6 Å². The summed E-state index contributed by atoms with van der Waals surface area (Å²) in [5.74, 6) is 2.21. The summed E-state index contributed by atoms with van der Waals surface area (Å²) in [6, 6.07) is 4.07. The van der Waals surface area contributed by atoms with Crippen LogP contribution in [0.25, 0.3) is 0 Å². The third kappa shape index (κ3) is 3.54. The van der Waals surface area contributed by atoms with E-state index in [9.17, 15) is 4.39 Å². The Morgan fingerprint density at radius 3 is 2.93 bits per heavy atom. The summed E-state index contributed by atoms with van der Waals surface area (Å²) in [4.78, 5) is 0. The van der Waals surface area contributed by atoms with E-state index in [1.54, 1.807) is 6.07 Å². The van der Waals surface area contributed by atoms with E-state index < -0.39 is 0 Å². The molecule has 1 nitrogen and oxygen atoms in total. The maximum absolute atomic E-state index is 13.4. The van der Waals surface area contributed by atoms with Crippen molar-refractivity contribution >= 4 is 11.6 Å². The molecule has 0 aliphatic heterocycles. The minimum atomic E-state index is -0.336. The van der Waals surface area contributed by atoms with Crippen LogP contribution in [0.15, 0.2) is 18.2 Å². The topological polar surface area (TPSA) is 26.0 Å². The predicted octanol–water partition coefficient (Wildman–Crippen LogP) is 3.28. The lowest BCUT2D eigenvalue weighted by atomic mass is 10.0. The first-order valence-corrected chi connectivity index (χ1v) is 5.17. The molecule has 3 heteroatoms. The van der Waals surface area contributed by atoms with Crippen molar-refractivity contribution in [3.63, 3.8) is 0 Å². The minimum absolute atomic E-state index is 0.312. The molecule has 0 aromatic heterocycles. The summed E-state index contributed by atoms with van der Waals surface area (Å²) in [6.45, 7) is 0. The van der Waals surface area contributed by atoms with Crippen LogP contribution in [-0.2, 0) is 0 Å². The fourth-order valence-electron chi connectivity index (χ4n) is 1.38. The highest BCUT2D eigenvalue weighted by Crippen LogP contribution is 2.23. The fraction of sp³-hybridized carbons (Fsp3) is 0.333. The van der Waals surface area contributed by atoms with E-state index in [1.165, 1.54) is 12.1 Å². The smallest absolute Gasteiger partial charge is 0.128 e. The number of hydrogen-bond donors (Lipinski definition) is 1. The normalized spacial score (nSPS) is 12.1. The maximum atomic E-state index is 13.4. The van der Waals surface area contributed by atoms with Crippen molar-refractivity contribution in [2.24, 2.45) is 5.73 Å². The van der Waals surface area contributed by atoms with Crippen molar-refractivity contribution in [3.05, 3.63) is 34.6 Å². The van der Waals surface area contributed by atoms with Crippen molar-refractivity contribution in [3.8, 4) is 12.3 Å². The monoisotopic (exact) mass is 225 g/mol. The molecule has 0 aliphatic rings. The Kier molecular flexibility index (Phi) is 4.61. The number of rotatable bonds is 4. The molecule has 0 heterocycles. The zero-order chi connectivity index (χ0) is 11.3. The summed E-state index contributed by atoms with van der Waals surface area (Å²) >= 11 is 5.77. The average molecular weight is 226 g/mol. The van der Waals surface area contributed by atoms with Crippen LogP contribution in [0.3, 0.4) is 0 Å².